The summed E-state index contributed by atoms with van der Waals surface area (Å²) in [4.78, 5) is 0. The van der Waals surface area contributed by atoms with E-state index in [1.54, 1.807) is 0 Å². The van der Waals surface area contributed by atoms with Crippen molar-refractivity contribution in [3.05, 3.63) is 0 Å². The Morgan fingerprint density at radius 1 is 1.17 bits per heavy atom. The SMILES string of the molecule is C[Si]1(C)CCCCO1.OCCO. The molecular weight excluding hydrogens is 172 g/mol. The lowest BCUT2D eigenvalue weighted by atomic mass is 10.4. The van der Waals surface area contributed by atoms with Crippen LogP contribution in [0.5, 0.6) is 0 Å². The third-order valence-corrected chi connectivity index (χ3v) is 4.31. The van der Waals surface area contributed by atoms with Gasteiger partial charge in [0.15, 0.2) is 8.32 Å². The van der Waals surface area contributed by atoms with E-state index < -0.39 is 8.32 Å². The van der Waals surface area contributed by atoms with E-state index in [0.29, 0.717) is 0 Å². The first-order chi connectivity index (χ1) is 5.62. The minimum absolute atomic E-state index is 0.125. The van der Waals surface area contributed by atoms with E-state index in [1.165, 1.54) is 18.9 Å². The minimum atomic E-state index is -1.09. The van der Waals surface area contributed by atoms with Gasteiger partial charge >= 0.3 is 0 Å². The van der Waals surface area contributed by atoms with Crippen molar-refractivity contribution >= 4 is 8.32 Å². The fraction of sp³-hybridized carbons (Fsp3) is 1.00. The highest BCUT2D eigenvalue weighted by atomic mass is 28.4. The van der Waals surface area contributed by atoms with E-state index >= 15 is 0 Å². The van der Waals surface area contributed by atoms with Gasteiger partial charge in [0.2, 0.25) is 0 Å². The molecule has 0 unspecified atom stereocenters. The number of aliphatic hydroxyl groups excluding tert-OH is 2. The smallest absolute Gasteiger partial charge is 0.186 e. The molecule has 0 bridgehead atoms. The Morgan fingerprint density at radius 2 is 1.75 bits per heavy atom. The predicted molar refractivity (Wildman–Crippen MR) is 51.6 cm³/mol. The Kier molecular flexibility index (Phi) is 6.65. The molecule has 12 heavy (non-hydrogen) atoms. The number of aliphatic hydroxyl groups is 2. The molecule has 4 heteroatoms. The Morgan fingerprint density at radius 3 is 1.92 bits per heavy atom. The van der Waals surface area contributed by atoms with Crippen LogP contribution in [-0.2, 0) is 4.43 Å². The third kappa shape index (κ3) is 6.79. The number of hydrogen-bond donors (Lipinski definition) is 2. The quantitative estimate of drug-likeness (QED) is 0.609. The van der Waals surface area contributed by atoms with Crippen molar-refractivity contribution in [2.75, 3.05) is 19.8 Å². The Hall–Kier alpha value is 0.0969. The molecule has 0 spiro atoms. The third-order valence-electron chi connectivity index (χ3n) is 1.77. The van der Waals surface area contributed by atoms with Crippen molar-refractivity contribution in [1.29, 1.82) is 0 Å². The van der Waals surface area contributed by atoms with Crippen molar-refractivity contribution in [2.24, 2.45) is 0 Å². The highest BCUT2D eigenvalue weighted by Crippen LogP contribution is 2.20. The summed E-state index contributed by atoms with van der Waals surface area (Å²) in [6.45, 7) is 5.37. The summed E-state index contributed by atoms with van der Waals surface area (Å²) in [5.74, 6) is 0. The zero-order valence-corrected chi connectivity index (χ0v) is 9.05. The first kappa shape index (κ1) is 12.1. The van der Waals surface area contributed by atoms with Crippen LogP contribution in [-0.4, -0.2) is 38.4 Å². The van der Waals surface area contributed by atoms with Crippen LogP contribution in [0.4, 0.5) is 0 Å². The lowest BCUT2D eigenvalue weighted by Crippen LogP contribution is -2.33. The van der Waals surface area contributed by atoms with Gasteiger partial charge in [-0.05, 0) is 25.6 Å². The second-order valence-electron chi connectivity index (χ2n) is 3.51. The molecule has 0 amide bonds. The zero-order valence-electron chi connectivity index (χ0n) is 8.05. The Balaban J connectivity index is 0.000000261. The molecule has 2 N–H and O–H groups in total. The van der Waals surface area contributed by atoms with Crippen molar-refractivity contribution in [1.82, 2.24) is 0 Å². The van der Waals surface area contributed by atoms with Crippen molar-refractivity contribution in [3.8, 4) is 0 Å². The van der Waals surface area contributed by atoms with Crippen LogP contribution >= 0.6 is 0 Å². The van der Waals surface area contributed by atoms with Crippen LogP contribution in [0.2, 0.25) is 19.1 Å². The van der Waals surface area contributed by atoms with Gasteiger partial charge < -0.3 is 14.6 Å². The molecule has 0 aromatic carbocycles. The molecule has 0 atom stereocenters. The first-order valence-corrected chi connectivity index (χ1v) is 7.59. The van der Waals surface area contributed by atoms with E-state index in [4.69, 9.17) is 14.6 Å². The van der Waals surface area contributed by atoms with Crippen LogP contribution in [0.15, 0.2) is 0 Å². The van der Waals surface area contributed by atoms with Crippen LogP contribution < -0.4 is 0 Å². The van der Waals surface area contributed by atoms with Gasteiger partial charge in [-0.1, -0.05) is 6.42 Å². The summed E-state index contributed by atoms with van der Waals surface area (Å²) in [5.41, 5.74) is 0. The average Bonchev–Trinajstić information content (AvgIpc) is 2.05. The van der Waals surface area contributed by atoms with Gasteiger partial charge in [0.05, 0.1) is 13.2 Å². The normalized spacial score (nSPS) is 21.0. The van der Waals surface area contributed by atoms with E-state index in [9.17, 15) is 0 Å². The molecule has 74 valence electrons. The van der Waals surface area contributed by atoms with Gasteiger partial charge in [0.25, 0.3) is 0 Å². The monoisotopic (exact) mass is 192 g/mol. The van der Waals surface area contributed by atoms with Crippen molar-refractivity contribution < 1.29 is 14.6 Å². The summed E-state index contributed by atoms with van der Waals surface area (Å²) in [6.07, 6.45) is 2.69. The topological polar surface area (TPSA) is 49.7 Å². The molecule has 3 nitrogen and oxygen atoms in total. The molecule has 0 radical (unpaired) electrons. The van der Waals surface area contributed by atoms with Gasteiger partial charge in [0, 0.05) is 6.61 Å². The molecule has 1 heterocycles. The predicted octanol–water partition coefficient (Wildman–Crippen LogP) is 0.973. The number of hydrogen-bond acceptors (Lipinski definition) is 3. The highest BCUT2D eigenvalue weighted by molar-refractivity contribution is 6.71. The lowest BCUT2D eigenvalue weighted by Gasteiger charge is -2.27. The second kappa shape index (κ2) is 6.60. The van der Waals surface area contributed by atoms with Gasteiger partial charge in [-0.15, -0.1) is 0 Å². The number of rotatable bonds is 1. The molecule has 1 aliphatic heterocycles. The van der Waals surface area contributed by atoms with E-state index in [-0.39, 0.29) is 13.2 Å². The largest absolute Gasteiger partial charge is 0.417 e. The summed E-state index contributed by atoms with van der Waals surface area (Å²) in [7, 11) is -1.09. The van der Waals surface area contributed by atoms with Crippen LogP contribution in [0.25, 0.3) is 0 Å². The van der Waals surface area contributed by atoms with E-state index in [0.717, 1.165) is 6.61 Å². The Bertz CT molecular complexity index is 96.5. The fourth-order valence-electron chi connectivity index (χ4n) is 1.07. The van der Waals surface area contributed by atoms with Gasteiger partial charge in [-0.25, -0.2) is 0 Å². The molecule has 1 saturated heterocycles. The molecule has 1 rings (SSSR count). The summed E-state index contributed by atoms with van der Waals surface area (Å²) >= 11 is 0. The fourth-order valence-corrected chi connectivity index (χ4v) is 3.02. The first-order valence-electron chi connectivity index (χ1n) is 4.48. The molecule has 1 aliphatic rings. The standard InChI is InChI=1S/C6H14OSi.C2H6O2/c1-8(2)6-4-3-5-7-8;3-1-2-4/h3-6H2,1-2H3;3-4H,1-2H2. The van der Waals surface area contributed by atoms with Crippen molar-refractivity contribution in [2.45, 2.75) is 32.0 Å². The molecular formula is C8H20O3Si. The van der Waals surface area contributed by atoms with Crippen LogP contribution in [0.1, 0.15) is 12.8 Å². The molecule has 1 fully saturated rings. The Labute approximate surface area is 75.5 Å². The zero-order chi connectivity index (χ0) is 9.45. The second-order valence-corrected chi connectivity index (χ2v) is 7.82. The van der Waals surface area contributed by atoms with E-state index in [1.807, 2.05) is 0 Å². The van der Waals surface area contributed by atoms with Gasteiger partial charge in [-0.3, -0.25) is 0 Å². The van der Waals surface area contributed by atoms with Gasteiger partial charge in [0.1, 0.15) is 0 Å². The molecule has 0 aromatic rings. The van der Waals surface area contributed by atoms with Crippen LogP contribution in [0.3, 0.4) is 0 Å². The van der Waals surface area contributed by atoms with E-state index in [2.05, 4.69) is 13.1 Å². The maximum Gasteiger partial charge on any atom is 0.186 e. The average molecular weight is 192 g/mol. The highest BCUT2D eigenvalue weighted by Gasteiger charge is 2.24. The maximum atomic E-state index is 7.62. The van der Waals surface area contributed by atoms with Gasteiger partial charge in [-0.2, -0.15) is 0 Å². The maximum absolute atomic E-state index is 7.62. The summed E-state index contributed by atoms with van der Waals surface area (Å²) in [6, 6.07) is 1.37. The van der Waals surface area contributed by atoms with Crippen LogP contribution in [0, 0.1) is 0 Å². The molecule has 0 saturated carbocycles. The summed E-state index contributed by atoms with van der Waals surface area (Å²) < 4.78 is 5.60. The minimum Gasteiger partial charge on any atom is -0.417 e. The van der Waals surface area contributed by atoms with Crippen molar-refractivity contribution in [3.63, 3.8) is 0 Å². The molecule has 0 aromatic heterocycles. The lowest BCUT2D eigenvalue weighted by molar-refractivity contribution is 0.186. The summed E-state index contributed by atoms with van der Waals surface area (Å²) in [5, 5.41) is 15.2. The molecule has 0 aliphatic carbocycles.